The topological polar surface area (TPSA) is 75.3 Å². The van der Waals surface area contributed by atoms with Crippen LogP contribution in [0.3, 0.4) is 0 Å². The van der Waals surface area contributed by atoms with E-state index in [0.29, 0.717) is 11.3 Å². The predicted octanol–water partition coefficient (Wildman–Crippen LogP) is 2.00. The highest BCUT2D eigenvalue weighted by atomic mass is 16.3. The van der Waals surface area contributed by atoms with Gasteiger partial charge in [0.2, 0.25) is 0 Å². The molecular weight excluding hydrogens is 240 g/mol. The highest BCUT2D eigenvalue weighted by molar-refractivity contribution is 5.95. The van der Waals surface area contributed by atoms with Gasteiger partial charge in [-0.15, -0.1) is 0 Å². The van der Waals surface area contributed by atoms with Crippen molar-refractivity contribution in [1.82, 2.24) is 5.32 Å². The number of anilines is 1. The molecule has 0 radical (unpaired) electrons. The van der Waals surface area contributed by atoms with E-state index in [-0.39, 0.29) is 11.9 Å². The minimum absolute atomic E-state index is 0.131. The maximum absolute atomic E-state index is 12.2. The lowest BCUT2D eigenvalue weighted by Crippen LogP contribution is -2.42. The number of aryl methyl sites for hydroxylation is 1. The Morgan fingerprint density at radius 2 is 2.05 bits per heavy atom. The smallest absolute Gasteiger partial charge is 0.251 e. The molecule has 1 amide bonds. The Morgan fingerprint density at radius 3 is 2.79 bits per heavy atom. The summed E-state index contributed by atoms with van der Waals surface area (Å²) in [4.78, 5) is 12.2. The quantitative estimate of drug-likeness (QED) is 0.563. The average molecular weight is 262 g/mol. The second-order valence-corrected chi connectivity index (χ2v) is 5.36. The molecule has 1 aliphatic rings. The molecule has 1 aliphatic carbocycles. The van der Waals surface area contributed by atoms with Gasteiger partial charge in [0.1, 0.15) is 0 Å². The van der Waals surface area contributed by atoms with Gasteiger partial charge in [0, 0.05) is 11.3 Å². The van der Waals surface area contributed by atoms with Crippen molar-refractivity contribution in [1.29, 1.82) is 0 Å². The zero-order valence-corrected chi connectivity index (χ0v) is 11.4. The Bertz CT molecular complexity index is 459. The van der Waals surface area contributed by atoms with Gasteiger partial charge in [0.15, 0.2) is 0 Å². The first-order valence-corrected chi connectivity index (χ1v) is 6.93. The third-order valence-corrected chi connectivity index (χ3v) is 3.83. The Kier molecular flexibility index (Phi) is 4.43. The van der Waals surface area contributed by atoms with Gasteiger partial charge in [-0.25, -0.2) is 0 Å². The lowest BCUT2D eigenvalue weighted by Gasteiger charge is -2.21. The van der Waals surface area contributed by atoms with Gasteiger partial charge in [0.05, 0.1) is 12.1 Å². The SMILES string of the molecule is Cc1cc(C(=O)NC2CCCCCC2O)ccc1N. The zero-order valence-electron chi connectivity index (χ0n) is 11.4. The van der Waals surface area contributed by atoms with E-state index >= 15 is 0 Å². The van der Waals surface area contributed by atoms with Crippen molar-refractivity contribution in [2.24, 2.45) is 0 Å². The number of carbonyl (C=O) groups is 1. The van der Waals surface area contributed by atoms with Gasteiger partial charge in [-0.3, -0.25) is 4.79 Å². The minimum Gasteiger partial charge on any atom is -0.399 e. The van der Waals surface area contributed by atoms with E-state index < -0.39 is 6.10 Å². The van der Waals surface area contributed by atoms with Crippen LogP contribution in [0.5, 0.6) is 0 Å². The second kappa shape index (κ2) is 6.06. The molecule has 4 nitrogen and oxygen atoms in total. The maximum atomic E-state index is 12.2. The Morgan fingerprint density at radius 1 is 1.32 bits per heavy atom. The van der Waals surface area contributed by atoms with Crippen LogP contribution in [0, 0.1) is 6.92 Å². The number of nitrogens with two attached hydrogens (primary N) is 1. The molecular formula is C15H22N2O2. The molecule has 0 spiro atoms. The van der Waals surface area contributed by atoms with Crippen LogP contribution < -0.4 is 11.1 Å². The summed E-state index contributed by atoms with van der Waals surface area (Å²) in [6.07, 6.45) is 4.41. The first-order chi connectivity index (χ1) is 9.08. The molecule has 0 saturated heterocycles. The molecule has 1 aromatic rings. The fourth-order valence-corrected chi connectivity index (χ4v) is 2.53. The van der Waals surface area contributed by atoms with Gasteiger partial charge < -0.3 is 16.2 Å². The number of hydrogen-bond donors (Lipinski definition) is 3. The molecule has 2 rings (SSSR count). The number of carbonyl (C=O) groups excluding carboxylic acids is 1. The normalized spacial score (nSPS) is 23.7. The highest BCUT2D eigenvalue weighted by Gasteiger charge is 2.23. The lowest BCUT2D eigenvalue weighted by atomic mass is 10.0. The molecule has 19 heavy (non-hydrogen) atoms. The summed E-state index contributed by atoms with van der Waals surface area (Å²) in [6.45, 7) is 1.88. The van der Waals surface area contributed by atoms with Crippen LogP contribution in [-0.2, 0) is 0 Å². The van der Waals surface area contributed by atoms with Crippen LogP contribution in [0.1, 0.15) is 48.0 Å². The van der Waals surface area contributed by atoms with Crippen molar-refractivity contribution in [2.75, 3.05) is 5.73 Å². The molecule has 0 aromatic heterocycles. The summed E-state index contributed by atoms with van der Waals surface area (Å²) in [5, 5.41) is 13.0. The molecule has 1 aromatic carbocycles. The zero-order chi connectivity index (χ0) is 13.8. The van der Waals surface area contributed by atoms with E-state index in [1.165, 1.54) is 0 Å². The molecule has 2 unspecified atom stereocenters. The maximum Gasteiger partial charge on any atom is 0.251 e. The molecule has 2 atom stereocenters. The van der Waals surface area contributed by atoms with Crippen LogP contribution in [-0.4, -0.2) is 23.2 Å². The van der Waals surface area contributed by atoms with Crippen LogP contribution in [0.25, 0.3) is 0 Å². The van der Waals surface area contributed by atoms with Crippen molar-refractivity contribution in [3.8, 4) is 0 Å². The van der Waals surface area contributed by atoms with E-state index in [2.05, 4.69) is 5.32 Å². The van der Waals surface area contributed by atoms with E-state index in [9.17, 15) is 9.90 Å². The molecule has 104 valence electrons. The standard InChI is InChI=1S/C15H22N2O2/c1-10-9-11(7-8-12(10)16)15(19)17-13-5-3-2-4-6-14(13)18/h7-9,13-14,18H,2-6,16H2,1H3,(H,17,19). The summed E-state index contributed by atoms with van der Waals surface area (Å²) in [7, 11) is 0. The monoisotopic (exact) mass is 262 g/mol. The van der Waals surface area contributed by atoms with Crippen molar-refractivity contribution >= 4 is 11.6 Å². The van der Waals surface area contributed by atoms with E-state index in [4.69, 9.17) is 5.73 Å². The Balaban J connectivity index is 2.05. The number of aliphatic hydroxyl groups is 1. The van der Waals surface area contributed by atoms with Gasteiger partial charge in [-0.1, -0.05) is 19.3 Å². The first-order valence-electron chi connectivity index (χ1n) is 6.93. The molecule has 4 N–H and O–H groups in total. The third-order valence-electron chi connectivity index (χ3n) is 3.83. The van der Waals surface area contributed by atoms with Crippen molar-refractivity contribution in [3.63, 3.8) is 0 Å². The fourth-order valence-electron chi connectivity index (χ4n) is 2.53. The second-order valence-electron chi connectivity index (χ2n) is 5.36. The summed E-state index contributed by atoms with van der Waals surface area (Å²) in [5.41, 5.74) is 7.93. The highest BCUT2D eigenvalue weighted by Crippen LogP contribution is 2.19. The van der Waals surface area contributed by atoms with Crippen LogP contribution >= 0.6 is 0 Å². The first kappa shape index (κ1) is 13.9. The van der Waals surface area contributed by atoms with Crippen LogP contribution in [0.15, 0.2) is 18.2 Å². The molecule has 0 bridgehead atoms. The van der Waals surface area contributed by atoms with Gasteiger partial charge in [-0.2, -0.15) is 0 Å². The molecule has 1 fully saturated rings. The van der Waals surface area contributed by atoms with Crippen molar-refractivity contribution in [2.45, 2.75) is 51.2 Å². The number of nitrogen functional groups attached to an aromatic ring is 1. The fraction of sp³-hybridized carbons (Fsp3) is 0.533. The Hall–Kier alpha value is -1.55. The third kappa shape index (κ3) is 3.47. The molecule has 4 heteroatoms. The van der Waals surface area contributed by atoms with Gasteiger partial charge in [0.25, 0.3) is 5.91 Å². The van der Waals surface area contributed by atoms with Gasteiger partial charge in [-0.05, 0) is 43.5 Å². The summed E-state index contributed by atoms with van der Waals surface area (Å²) < 4.78 is 0. The van der Waals surface area contributed by atoms with E-state index in [1.807, 2.05) is 6.92 Å². The predicted molar refractivity (Wildman–Crippen MR) is 75.9 cm³/mol. The summed E-state index contributed by atoms with van der Waals surface area (Å²) in [6, 6.07) is 5.12. The lowest BCUT2D eigenvalue weighted by molar-refractivity contribution is 0.0819. The number of hydrogen-bond acceptors (Lipinski definition) is 3. The summed E-state index contributed by atoms with van der Waals surface area (Å²) >= 11 is 0. The average Bonchev–Trinajstić information content (AvgIpc) is 2.58. The minimum atomic E-state index is -0.429. The number of amides is 1. The number of aliphatic hydroxyl groups excluding tert-OH is 1. The van der Waals surface area contributed by atoms with E-state index in [0.717, 1.165) is 37.7 Å². The van der Waals surface area contributed by atoms with Crippen LogP contribution in [0.4, 0.5) is 5.69 Å². The number of benzene rings is 1. The molecule has 1 saturated carbocycles. The molecule has 0 aliphatic heterocycles. The van der Waals surface area contributed by atoms with Crippen LogP contribution in [0.2, 0.25) is 0 Å². The van der Waals surface area contributed by atoms with Gasteiger partial charge >= 0.3 is 0 Å². The van der Waals surface area contributed by atoms with Crippen molar-refractivity contribution < 1.29 is 9.90 Å². The Labute approximate surface area is 114 Å². The number of rotatable bonds is 2. The molecule has 0 heterocycles. The van der Waals surface area contributed by atoms with Crippen molar-refractivity contribution in [3.05, 3.63) is 29.3 Å². The largest absolute Gasteiger partial charge is 0.399 e. The number of nitrogens with one attached hydrogen (secondary N) is 1. The van der Waals surface area contributed by atoms with E-state index in [1.54, 1.807) is 18.2 Å². The summed E-state index contributed by atoms with van der Waals surface area (Å²) in [5.74, 6) is -0.131.